The molecule has 0 spiro atoms. The molecule has 3 N–H and O–H groups in total. The van der Waals surface area contributed by atoms with Gasteiger partial charge in [-0.1, -0.05) is 30.3 Å². The molecular weight excluding hydrogens is 410 g/mol. The van der Waals surface area contributed by atoms with E-state index in [1.54, 1.807) is 17.8 Å². The van der Waals surface area contributed by atoms with Crippen molar-refractivity contribution in [3.05, 3.63) is 58.0 Å². The van der Waals surface area contributed by atoms with E-state index in [-0.39, 0.29) is 37.0 Å². The van der Waals surface area contributed by atoms with Crippen LogP contribution in [0, 0.1) is 0 Å². The second-order valence-corrected chi connectivity index (χ2v) is 7.79. The SMILES string of the molecule is CNC(=O)Cc1csc(NC(=O)Cc2csc(NC(=O)Cc3ccccc3)n2)n1. The fourth-order valence-electron chi connectivity index (χ4n) is 2.42. The topological polar surface area (TPSA) is 113 Å². The normalized spacial score (nSPS) is 10.4. The van der Waals surface area contributed by atoms with Gasteiger partial charge in [0.1, 0.15) is 0 Å². The quantitative estimate of drug-likeness (QED) is 0.508. The van der Waals surface area contributed by atoms with Gasteiger partial charge in [-0.2, -0.15) is 0 Å². The van der Waals surface area contributed by atoms with Crippen LogP contribution in [0.1, 0.15) is 17.0 Å². The first kappa shape index (κ1) is 20.6. The Morgan fingerprint density at radius 3 is 1.86 bits per heavy atom. The summed E-state index contributed by atoms with van der Waals surface area (Å²) < 4.78 is 0. The third-order valence-corrected chi connectivity index (χ3v) is 5.38. The van der Waals surface area contributed by atoms with Crippen molar-refractivity contribution in [2.45, 2.75) is 19.3 Å². The van der Waals surface area contributed by atoms with Gasteiger partial charge in [0.25, 0.3) is 0 Å². The van der Waals surface area contributed by atoms with Crippen molar-refractivity contribution in [2.24, 2.45) is 0 Å². The predicted octanol–water partition coefficient (Wildman–Crippen LogP) is 2.25. The van der Waals surface area contributed by atoms with Gasteiger partial charge in [-0.3, -0.25) is 14.4 Å². The van der Waals surface area contributed by atoms with Crippen LogP contribution in [-0.4, -0.2) is 34.7 Å². The lowest BCUT2D eigenvalue weighted by atomic mass is 10.1. The minimum Gasteiger partial charge on any atom is -0.359 e. The van der Waals surface area contributed by atoms with Crippen molar-refractivity contribution in [3.63, 3.8) is 0 Å². The number of benzene rings is 1. The Morgan fingerprint density at radius 1 is 0.793 bits per heavy atom. The Bertz CT molecular complexity index is 1000. The highest BCUT2D eigenvalue weighted by molar-refractivity contribution is 7.14. The number of likely N-dealkylation sites (N-methyl/N-ethyl adjacent to an activating group) is 1. The number of rotatable bonds is 8. The first-order valence-electron chi connectivity index (χ1n) is 8.75. The minimum atomic E-state index is -0.265. The lowest BCUT2D eigenvalue weighted by Crippen LogP contribution is -2.20. The van der Waals surface area contributed by atoms with E-state index in [4.69, 9.17) is 0 Å². The number of nitrogens with zero attached hydrogens (tertiary/aromatic N) is 2. The maximum atomic E-state index is 12.2. The molecular formula is C19H19N5O3S2. The number of aromatic nitrogens is 2. The first-order valence-corrected chi connectivity index (χ1v) is 10.5. The highest BCUT2D eigenvalue weighted by atomic mass is 32.1. The molecule has 0 fully saturated rings. The number of hydrogen-bond acceptors (Lipinski definition) is 7. The summed E-state index contributed by atoms with van der Waals surface area (Å²) in [6.07, 6.45) is 0.495. The van der Waals surface area contributed by atoms with Crippen LogP contribution in [0.15, 0.2) is 41.1 Å². The van der Waals surface area contributed by atoms with Crippen LogP contribution in [0.3, 0.4) is 0 Å². The number of carbonyl (C=O) groups excluding carboxylic acids is 3. The van der Waals surface area contributed by atoms with Crippen LogP contribution >= 0.6 is 22.7 Å². The zero-order valence-corrected chi connectivity index (χ0v) is 17.2. The third-order valence-electron chi connectivity index (χ3n) is 3.77. The lowest BCUT2D eigenvalue weighted by Gasteiger charge is -2.02. The largest absolute Gasteiger partial charge is 0.359 e. The number of hydrogen-bond donors (Lipinski definition) is 3. The summed E-state index contributed by atoms with van der Waals surface area (Å²) in [6.45, 7) is 0. The standard InChI is InChI=1S/C19H19N5O3S2/c1-20-15(25)8-13-10-28-19(21-13)24-17(27)9-14-11-29-18(22-14)23-16(26)7-12-5-3-2-4-6-12/h2-6,10-11H,7-9H2,1H3,(H,20,25)(H,21,24,27)(H,22,23,26). The average Bonchev–Trinajstić information content (AvgIpc) is 3.31. The van der Waals surface area contributed by atoms with Crippen LogP contribution in [0.25, 0.3) is 0 Å². The van der Waals surface area contributed by atoms with Gasteiger partial charge in [-0.15, -0.1) is 22.7 Å². The van der Waals surface area contributed by atoms with E-state index in [1.165, 1.54) is 22.7 Å². The number of thiazole rings is 2. The molecule has 0 saturated carbocycles. The Balaban J connectivity index is 1.48. The number of carbonyl (C=O) groups is 3. The fourth-order valence-corrected chi connectivity index (χ4v) is 3.87. The minimum absolute atomic E-state index is 0.0649. The highest BCUT2D eigenvalue weighted by Crippen LogP contribution is 2.19. The van der Waals surface area contributed by atoms with E-state index in [2.05, 4.69) is 25.9 Å². The molecule has 3 aromatic rings. The van der Waals surface area contributed by atoms with E-state index < -0.39 is 0 Å². The Kier molecular flexibility index (Phi) is 7.04. The highest BCUT2D eigenvalue weighted by Gasteiger charge is 2.13. The molecule has 1 aromatic carbocycles. The fraction of sp³-hybridized carbons (Fsp3) is 0.211. The van der Waals surface area contributed by atoms with Crippen LogP contribution in [0.2, 0.25) is 0 Å². The average molecular weight is 430 g/mol. The summed E-state index contributed by atoms with van der Waals surface area (Å²) in [5, 5.41) is 12.3. The van der Waals surface area contributed by atoms with Crippen LogP contribution in [-0.2, 0) is 33.6 Å². The summed E-state index contributed by atoms with van der Waals surface area (Å²) in [5.74, 6) is -0.566. The van der Waals surface area contributed by atoms with Crippen molar-refractivity contribution in [1.29, 1.82) is 0 Å². The molecule has 3 rings (SSSR count). The molecule has 0 bridgehead atoms. The maximum Gasteiger partial charge on any atom is 0.232 e. The molecule has 0 aliphatic rings. The van der Waals surface area contributed by atoms with Gasteiger partial charge in [-0.25, -0.2) is 9.97 Å². The van der Waals surface area contributed by atoms with E-state index >= 15 is 0 Å². The van der Waals surface area contributed by atoms with Gasteiger partial charge in [0.05, 0.1) is 30.7 Å². The summed E-state index contributed by atoms with van der Waals surface area (Å²) >= 11 is 2.53. The van der Waals surface area contributed by atoms with Crippen molar-refractivity contribution in [3.8, 4) is 0 Å². The summed E-state index contributed by atoms with van der Waals surface area (Å²) in [6, 6.07) is 9.43. The summed E-state index contributed by atoms with van der Waals surface area (Å²) in [4.78, 5) is 44.2. The number of nitrogens with one attached hydrogen (secondary N) is 3. The third kappa shape index (κ3) is 6.47. The van der Waals surface area contributed by atoms with Gasteiger partial charge in [0, 0.05) is 17.8 Å². The van der Waals surface area contributed by atoms with Crippen LogP contribution in [0.4, 0.5) is 10.3 Å². The molecule has 8 nitrogen and oxygen atoms in total. The molecule has 0 atom stereocenters. The zero-order chi connectivity index (χ0) is 20.6. The second-order valence-electron chi connectivity index (χ2n) is 6.07. The van der Waals surface area contributed by atoms with Crippen molar-refractivity contribution < 1.29 is 14.4 Å². The van der Waals surface area contributed by atoms with Gasteiger partial charge in [0.2, 0.25) is 17.7 Å². The van der Waals surface area contributed by atoms with E-state index in [0.717, 1.165) is 5.56 Å². The molecule has 3 amide bonds. The van der Waals surface area contributed by atoms with Crippen LogP contribution < -0.4 is 16.0 Å². The zero-order valence-electron chi connectivity index (χ0n) is 15.6. The predicted molar refractivity (Wildman–Crippen MR) is 113 cm³/mol. The Morgan fingerprint density at radius 2 is 1.31 bits per heavy atom. The van der Waals surface area contributed by atoms with Gasteiger partial charge in [0.15, 0.2) is 10.3 Å². The smallest absolute Gasteiger partial charge is 0.232 e. The molecule has 0 radical (unpaired) electrons. The second kappa shape index (κ2) is 9.89. The number of anilines is 2. The van der Waals surface area contributed by atoms with Gasteiger partial charge >= 0.3 is 0 Å². The number of amides is 3. The first-order chi connectivity index (χ1) is 14.0. The monoisotopic (exact) mass is 429 g/mol. The summed E-state index contributed by atoms with van der Waals surface area (Å²) in [5.41, 5.74) is 2.08. The van der Waals surface area contributed by atoms with E-state index in [1.807, 2.05) is 30.3 Å². The Hall–Kier alpha value is -3.11. The van der Waals surface area contributed by atoms with E-state index in [9.17, 15) is 14.4 Å². The molecule has 2 aromatic heterocycles. The molecule has 29 heavy (non-hydrogen) atoms. The molecule has 0 aliphatic heterocycles. The van der Waals surface area contributed by atoms with Crippen molar-refractivity contribution >= 4 is 50.7 Å². The van der Waals surface area contributed by atoms with Crippen LogP contribution in [0.5, 0.6) is 0 Å². The molecule has 0 saturated heterocycles. The van der Waals surface area contributed by atoms with E-state index in [0.29, 0.717) is 21.7 Å². The van der Waals surface area contributed by atoms with Crippen molar-refractivity contribution in [1.82, 2.24) is 15.3 Å². The molecule has 0 unspecified atom stereocenters. The van der Waals surface area contributed by atoms with Gasteiger partial charge < -0.3 is 16.0 Å². The Labute approximate surface area is 175 Å². The molecule has 2 heterocycles. The van der Waals surface area contributed by atoms with Gasteiger partial charge in [-0.05, 0) is 5.56 Å². The maximum absolute atomic E-state index is 12.2. The molecule has 150 valence electrons. The summed E-state index contributed by atoms with van der Waals surface area (Å²) in [7, 11) is 1.56. The molecule has 10 heteroatoms. The molecule has 0 aliphatic carbocycles. The lowest BCUT2D eigenvalue weighted by molar-refractivity contribution is -0.120. The van der Waals surface area contributed by atoms with Crippen molar-refractivity contribution in [2.75, 3.05) is 17.7 Å².